The molecule has 6 heteroatoms. The molecule has 0 N–H and O–H groups in total. The maximum atomic E-state index is 12.3. The molecule has 0 unspecified atom stereocenters. The second-order valence-electron chi connectivity index (χ2n) is 6.00. The Morgan fingerprint density at radius 3 is 2.33 bits per heavy atom. The molecule has 2 heterocycles. The summed E-state index contributed by atoms with van der Waals surface area (Å²) in [5.74, 6) is -0.0148. The van der Waals surface area contributed by atoms with Crippen LogP contribution in [0.5, 0.6) is 0 Å². The molecule has 1 aliphatic heterocycles. The molecular weight excluding hydrogens is 290 g/mol. The smallest absolute Gasteiger partial charge is 0.233 e. The maximum absolute atomic E-state index is 12.3. The lowest BCUT2D eigenvalue weighted by atomic mass is 9.81. The zero-order valence-electron chi connectivity index (χ0n) is 12.2. The fourth-order valence-corrected chi connectivity index (χ4v) is 3.60. The minimum Gasteiger partial charge on any atom is -0.282 e. The Bertz CT molecular complexity index is 526. The Balaban J connectivity index is 1.57. The molecule has 1 aromatic heterocycles. The van der Waals surface area contributed by atoms with Gasteiger partial charge in [0.15, 0.2) is 0 Å². The number of carbonyl (C=O) groups excluding carboxylic acids is 2. The number of rotatable bonds is 4. The van der Waals surface area contributed by atoms with Crippen LogP contribution in [0.4, 0.5) is 0 Å². The summed E-state index contributed by atoms with van der Waals surface area (Å²) in [5.41, 5.74) is 0.802. The minimum atomic E-state index is -0.0485. The lowest BCUT2D eigenvalue weighted by Crippen LogP contribution is -2.32. The van der Waals surface area contributed by atoms with Gasteiger partial charge in [0.2, 0.25) is 11.8 Å². The van der Waals surface area contributed by atoms with Crippen LogP contribution in [0.25, 0.3) is 0 Å². The standard InChI is InChI=1S/C15H20ClN3O2/c1-10-13(16)9-18(17-10)7-4-8-19-14(20)11-5-2-3-6-12(11)15(19)21/h9,11-12H,2-8H2,1H3/t11-,12-/m1/s1. The van der Waals surface area contributed by atoms with Gasteiger partial charge >= 0.3 is 0 Å². The van der Waals surface area contributed by atoms with E-state index >= 15 is 0 Å². The highest BCUT2D eigenvalue weighted by Crippen LogP contribution is 2.37. The Morgan fingerprint density at radius 1 is 1.19 bits per heavy atom. The van der Waals surface area contributed by atoms with E-state index < -0.39 is 0 Å². The summed E-state index contributed by atoms with van der Waals surface area (Å²) < 4.78 is 1.77. The molecule has 5 nitrogen and oxygen atoms in total. The van der Waals surface area contributed by atoms with E-state index in [-0.39, 0.29) is 23.7 Å². The number of hydrogen-bond acceptors (Lipinski definition) is 3. The zero-order valence-corrected chi connectivity index (χ0v) is 13.0. The molecule has 21 heavy (non-hydrogen) atoms. The van der Waals surface area contributed by atoms with Crippen molar-refractivity contribution in [3.05, 3.63) is 16.9 Å². The fourth-order valence-electron chi connectivity index (χ4n) is 3.45. The van der Waals surface area contributed by atoms with Gasteiger partial charge in [-0.1, -0.05) is 24.4 Å². The number of imide groups is 1. The van der Waals surface area contributed by atoms with Crippen LogP contribution in [0.2, 0.25) is 5.02 Å². The molecule has 0 bridgehead atoms. The van der Waals surface area contributed by atoms with E-state index in [0.717, 1.165) is 31.4 Å². The topological polar surface area (TPSA) is 55.2 Å². The summed E-state index contributed by atoms with van der Waals surface area (Å²) in [7, 11) is 0. The number of fused-ring (bicyclic) bond motifs is 1. The van der Waals surface area contributed by atoms with Crippen LogP contribution < -0.4 is 0 Å². The number of likely N-dealkylation sites (tertiary alicyclic amines) is 1. The van der Waals surface area contributed by atoms with Crippen molar-refractivity contribution in [2.45, 2.75) is 45.6 Å². The zero-order chi connectivity index (χ0) is 15.0. The highest BCUT2D eigenvalue weighted by molar-refractivity contribution is 6.31. The van der Waals surface area contributed by atoms with Crippen LogP contribution in [-0.2, 0) is 16.1 Å². The van der Waals surface area contributed by atoms with E-state index in [9.17, 15) is 9.59 Å². The molecule has 0 spiro atoms. The van der Waals surface area contributed by atoms with Gasteiger partial charge in [0.1, 0.15) is 0 Å². The molecule has 2 aliphatic rings. The highest BCUT2D eigenvalue weighted by Gasteiger charge is 2.47. The summed E-state index contributed by atoms with van der Waals surface area (Å²) in [6.07, 6.45) is 6.39. The van der Waals surface area contributed by atoms with Gasteiger partial charge in [0, 0.05) is 19.3 Å². The molecule has 2 amide bonds. The quantitative estimate of drug-likeness (QED) is 0.803. The molecule has 1 aliphatic carbocycles. The lowest BCUT2D eigenvalue weighted by Gasteiger charge is -2.19. The predicted octanol–water partition coefficient (Wildman–Crippen LogP) is 2.41. The number of hydrogen-bond donors (Lipinski definition) is 0. The van der Waals surface area contributed by atoms with Gasteiger partial charge in [-0.3, -0.25) is 19.2 Å². The molecule has 1 saturated heterocycles. The maximum Gasteiger partial charge on any atom is 0.233 e. The van der Waals surface area contributed by atoms with E-state index in [2.05, 4.69) is 5.10 Å². The third kappa shape index (κ3) is 2.71. The van der Waals surface area contributed by atoms with Gasteiger partial charge in [-0.05, 0) is 26.2 Å². The van der Waals surface area contributed by atoms with Crippen LogP contribution in [0.3, 0.4) is 0 Å². The molecule has 1 aromatic rings. The largest absolute Gasteiger partial charge is 0.282 e. The Hall–Kier alpha value is -1.36. The number of amides is 2. The first-order chi connectivity index (χ1) is 10.1. The summed E-state index contributed by atoms with van der Waals surface area (Å²) in [6, 6.07) is 0. The van der Waals surface area contributed by atoms with Crippen LogP contribution in [0.1, 0.15) is 37.8 Å². The van der Waals surface area contributed by atoms with Crippen molar-refractivity contribution < 1.29 is 9.59 Å². The summed E-state index contributed by atoms with van der Waals surface area (Å²) in [5, 5.41) is 4.93. The van der Waals surface area contributed by atoms with Gasteiger partial charge in [0.05, 0.1) is 22.6 Å². The molecular formula is C15H20ClN3O2. The molecule has 0 radical (unpaired) electrons. The van der Waals surface area contributed by atoms with Gasteiger partial charge in [0.25, 0.3) is 0 Å². The first kappa shape index (κ1) is 14.6. The first-order valence-electron chi connectivity index (χ1n) is 7.62. The summed E-state index contributed by atoms with van der Waals surface area (Å²) >= 11 is 5.96. The average molecular weight is 310 g/mol. The highest BCUT2D eigenvalue weighted by atomic mass is 35.5. The molecule has 1 saturated carbocycles. The summed E-state index contributed by atoms with van der Waals surface area (Å²) in [6.45, 7) is 3.01. The number of halogens is 1. The van der Waals surface area contributed by atoms with Crippen molar-refractivity contribution in [3.8, 4) is 0 Å². The number of aromatic nitrogens is 2. The lowest BCUT2D eigenvalue weighted by molar-refractivity contribution is -0.140. The van der Waals surface area contributed by atoms with Crippen molar-refractivity contribution in [3.63, 3.8) is 0 Å². The van der Waals surface area contributed by atoms with Crippen molar-refractivity contribution >= 4 is 23.4 Å². The van der Waals surface area contributed by atoms with Crippen molar-refractivity contribution in [1.82, 2.24) is 14.7 Å². The molecule has 0 aromatic carbocycles. The normalized spacial score (nSPS) is 25.5. The number of nitrogens with zero attached hydrogens (tertiary/aromatic N) is 3. The summed E-state index contributed by atoms with van der Waals surface area (Å²) in [4.78, 5) is 26.1. The first-order valence-corrected chi connectivity index (χ1v) is 8.00. The third-order valence-electron chi connectivity index (χ3n) is 4.59. The minimum absolute atomic E-state index is 0.0411. The molecule has 114 valence electrons. The van der Waals surface area contributed by atoms with Crippen molar-refractivity contribution in [1.29, 1.82) is 0 Å². The molecule has 2 fully saturated rings. The van der Waals surface area contributed by atoms with Gasteiger partial charge in [-0.15, -0.1) is 0 Å². The Morgan fingerprint density at radius 2 is 1.81 bits per heavy atom. The Labute approximate surface area is 129 Å². The van der Waals surface area contributed by atoms with Crippen LogP contribution in [-0.4, -0.2) is 33.0 Å². The van der Waals surface area contributed by atoms with Crippen LogP contribution in [0.15, 0.2) is 6.20 Å². The van der Waals surface area contributed by atoms with Crippen LogP contribution >= 0.6 is 11.6 Å². The van der Waals surface area contributed by atoms with E-state index in [1.54, 1.807) is 10.9 Å². The number of carbonyl (C=O) groups is 2. The SMILES string of the molecule is Cc1nn(CCCN2C(=O)[C@@H]3CCCC[C@H]3C2=O)cc1Cl. The van der Waals surface area contributed by atoms with Gasteiger partial charge in [-0.2, -0.15) is 5.10 Å². The van der Waals surface area contributed by atoms with Gasteiger partial charge in [-0.25, -0.2) is 0 Å². The van der Waals surface area contributed by atoms with Crippen LogP contribution in [0, 0.1) is 18.8 Å². The average Bonchev–Trinajstić information content (AvgIpc) is 2.92. The van der Waals surface area contributed by atoms with Crippen molar-refractivity contribution in [2.75, 3.05) is 6.54 Å². The monoisotopic (exact) mass is 309 g/mol. The fraction of sp³-hybridized carbons (Fsp3) is 0.667. The third-order valence-corrected chi connectivity index (χ3v) is 4.96. The second kappa shape index (κ2) is 5.79. The van der Waals surface area contributed by atoms with Gasteiger partial charge < -0.3 is 0 Å². The Kier molecular flexibility index (Phi) is 4.02. The predicted molar refractivity (Wildman–Crippen MR) is 78.8 cm³/mol. The van der Waals surface area contributed by atoms with E-state index in [4.69, 9.17) is 11.6 Å². The van der Waals surface area contributed by atoms with E-state index in [0.29, 0.717) is 24.5 Å². The van der Waals surface area contributed by atoms with E-state index in [1.165, 1.54) is 4.90 Å². The number of aryl methyl sites for hydroxylation is 2. The second-order valence-corrected chi connectivity index (χ2v) is 6.41. The molecule has 3 rings (SSSR count). The molecule has 2 atom stereocenters. The van der Waals surface area contributed by atoms with E-state index in [1.807, 2.05) is 6.92 Å². The van der Waals surface area contributed by atoms with Crippen molar-refractivity contribution in [2.24, 2.45) is 11.8 Å².